The van der Waals surface area contributed by atoms with E-state index in [4.69, 9.17) is 9.26 Å². The number of rotatable bonds is 6. The molecule has 0 unspecified atom stereocenters. The third-order valence-corrected chi connectivity index (χ3v) is 3.56. The van der Waals surface area contributed by atoms with Gasteiger partial charge in [-0.2, -0.15) is 9.36 Å². The van der Waals surface area contributed by atoms with Crippen LogP contribution in [0.3, 0.4) is 0 Å². The summed E-state index contributed by atoms with van der Waals surface area (Å²) in [5, 5.41) is 7.40. The molecule has 0 saturated carbocycles. The van der Waals surface area contributed by atoms with Crippen LogP contribution in [0.25, 0.3) is 0 Å². The summed E-state index contributed by atoms with van der Waals surface area (Å²) in [4.78, 5) is 16.2. The third-order valence-electron chi connectivity index (χ3n) is 2.60. The molecule has 7 nitrogen and oxygen atoms in total. The van der Waals surface area contributed by atoms with Gasteiger partial charge in [0.15, 0.2) is 12.4 Å². The van der Waals surface area contributed by atoms with Crippen LogP contribution in [0.1, 0.15) is 41.1 Å². The lowest BCUT2D eigenvalue weighted by Gasteiger charge is -2.03. The minimum atomic E-state index is -0.448. The van der Waals surface area contributed by atoms with Crippen LogP contribution in [0.15, 0.2) is 4.52 Å². The van der Waals surface area contributed by atoms with Gasteiger partial charge in [-0.25, -0.2) is 4.79 Å². The fourth-order valence-corrected chi connectivity index (χ4v) is 2.39. The molecule has 108 valence electrons. The summed E-state index contributed by atoms with van der Waals surface area (Å²) in [7, 11) is 1.73. The van der Waals surface area contributed by atoms with Crippen LogP contribution in [0.5, 0.6) is 0 Å². The minimum absolute atomic E-state index is 0.0337. The molecule has 0 spiro atoms. The first-order valence-corrected chi connectivity index (χ1v) is 7.05. The van der Waals surface area contributed by atoms with E-state index < -0.39 is 5.97 Å². The van der Waals surface area contributed by atoms with Crippen molar-refractivity contribution in [2.24, 2.45) is 0 Å². The second kappa shape index (κ2) is 6.47. The highest BCUT2D eigenvalue weighted by atomic mass is 32.1. The van der Waals surface area contributed by atoms with E-state index in [1.165, 1.54) is 11.5 Å². The van der Waals surface area contributed by atoms with Crippen molar-refractivity contribution in [3.8, 4) is 0 Å². The van der Waals surface area contributed by atoms with Gasteiger partial charge in [-0.15, -0.1) is 0 Å². The summed E-state index contributed by atoms with van der Waals surface area (Å²) >= 11 is 1.22. The molecule has 0 aliphatic rings. The lowest BCUT2D eigenvalue weighted by atomic mass is 10.2. The normalized spacial score (nSPS) is 10.6. The maximum absolute atomic E-state index is 12.0. The van der Waals surface area contributed by atoms with Crippen LogP contribution in [0, 0.1) is 6.92 Å². The molecule has 0 amide bonds. The molecule has 0 radical (unpaired) electrons. The topological polar surface area (TPSA) is 90.1 Å². The molecule has 20 heavy (non-hydrogen) atoms. The van der Waals surface area contributed by atoms with E-state index in [0.29, 0.717) is 28.0 Å². The van der Waals surface area contributed by atoms with E-state index in [9.17, 15) is 4.79 Å². The second-order valence-electron chi connectivity index (χ2n) is 4.15. The number of anilines is 1. The van der Waals surface area contributed by atoms with Gasteiger partial charge in [0.25, 0.3) is 5.89 Å². The average Bonchev–Trinajstić information content (AvgIpc) is 3.03. The lowest BCUT2D eigenvalue weighted by molar-refractivity contribution is 0.0430. The molecule has 0 atom stereocenters. The third kappa shape index (κ3) is 3.13. The number of hydrogen-bond acceptors (Lipinski definition) is 8. The Morgan fingerprint density at radius 2 is 2.30 bits per heavy atom. The van der Waals surface area contributed by atoms with Crippen molar-refractivity contribution in [3.05, 3.63) is 23.0 Å². The molecule has 2 rings (SSSR count). The second-order valence-corrected chi connectivity index (χ2v) is 4.93. The number of nitrogens with zero attached hydrogens (tertiary/aromatic N) is 3. The molecule has 2 aromatic rings. The molecule has 0 aliphatic carbocycles. The van der Waals surface area contributed by atoms with Crippen molar-refractivity contribution in [2.45, 2.75) is 33.3 Å². The highest BCUT2D eigenvalue weighted by Gasteiger charge is 2.20. The summed E-state index contributed by atoms with van der Waals surface area (Å²) in [6, 6.07) is 0. The largest absolute Gasteiger partial charge is 0.452 e. The van der Waals surface area contributed by atoms with E-state index >= 15 is 0 Å². The number of ether oxygens (including phenoxy) is 1. The van der Waals surface area contributed by atoms with Crippen LogP contribution in [-0.4, -0.2) is 27.5 Å². The van der Waals surface area contributed by atoms with Gasteiger partial charge in [-0.05, 0) is 24.9 Å². The maximum Gasteiger partial charge on any atom is 0.343 e. The highest BCUT2D eigenvalue weighted by molar-refractivity contribution is 7.10. The number of esters is 1. The summed E-state index contributed by atoms with van der Waals surface area (Å²) in [5.41, 5.74) is 1.09. The van der Waals surface area contributed by atoms with Crippen molar-refractivity contribution < 1.29 is 14.1 Å². The molecule has 2 heterocycles. The number of carbonyl (C=O) groups is 1. The highest BCUT2D eigenvalue weighted by Crippen LogP contribution is 2.24. The van der Waals surface area contributed by atoms with E-state index in [1.54, 1.807) is 14.0 Å². The van der Waals surface area contributed by atoms with Crippen LogP contribution < -0.4 is 5.32 Å². The van der Waals surface area contributed by atoms with Crippen molar-refractivity contribution in [3.63, 3.8) is 0 Å². The fraction of sp³-hybridized carbons (Fsp3) is 0.500. The number of aromatic nitrogens is 3. The molecule has 0 fully saturated rings. The number of hydrogen-bond donors (Lipinski definition) is 1. The predicted octanol–water partition coefficient (Wildman–Crippen LogP) is 2.19. The number of carbonyl (C=O) groups excluding carboxylic acids is 1. The van der Waals surface area contributed by atoms with Gasteiger partial charge >= 0.3 is 5.97 Å². The summed E-state index contributed by atoms with van der Waals surface area (Å²) < 4.78 is 14.3. The molecule has 0 saturated heterocycles. The quantitative estimate of drug-likeness (QED) is 0.817. The Morgan fingerprint density at radius 3 is 3.00 bits per heavy atom. The minimum Gasteiger partial charge on any atom is -0.452 e. The van der Waals surface area contributed by atoms with E-state index in [-0.39, 0.29) is 6.61 Å². The van der Waals surface area contributed by atoms with Crippen LogP contribution in [-0.2, 0) is 17.8 Å². The Kier molecular flexibility index (Phi) is 4.67. The van der Waals surface area contributed by atoms with Gasteiger partial charge in [0.1, 0.15) is 10.6 Å². The molecule has 1 N–H and O–H groups in total. The standard InChI is InChI=1S/C12H16N4O3S/c1-4-5-8-14-9(19-15-8)6-18-12(17)10-7(2)16-20-11(10)13-3/h13H,4-6H2,1-3H3. The zero-order valence-corrected chi connectivity index (χ0v) is 12.4. The van der Waals surface area contributed by atoms with Gasteiger partial charge in [0, 0.05) is 13.5 Å². The molecule has 8 heteroatoms. The Balaban J connectivity index is 1.99. The lowest BCUT2D eigenvalue weighted by Crippen LogP contribution is -2.08. The first-order chi connectivity index (χ1) is 9.65. The van der Waals surface area contributed by atoms with Crippen LogP contribution in [0.4, 0.5) is 5.00 Å². The van der Waals surface area contributed by atoms with Crippen molar-refractivity contribution in [1.29, 1.82) is 0 Å². The van der Waals surface area contributed by atoms with Crippen molar-refractivity contribution in [1.82, 2.24) is 14.5 Å². The molecular weight excluding hydrogens is 280 g/mol. The zero-order valence-electron chi connectivity index (χ0n) is 11.6. The molecular formula is C12H16N4O3S. The van der Waals surface area contributed by atoms with Crippen molar-refractivity contribution >= 4 is 22.5 Å². The molecule has 2 aromatic heterocycles. The van der Waals surface area contributed by atoms with Gasteiger partial charge in [-0.3, -0.25) is 0 Å². The van der Waals surface area contributed by atoms with Gasteiger partial charge in [-0.1, -0.05) is 12.1 Å². The van der Waals surface area contributed by atoms with Gasteiger partial charge < -0.3 is 14.6 Å². The Labute approximate surface area is 120 Å². The fourth-order valence-electron chi connectivity index (χ4n) is 1.65. The van der Waals surface area contributed by atoms with Crippen molar-refractivity contribution in [2.75, 3.05) is 12.4 Å². The number of aryl methyl sites for hydroxylation is 2. The zero-order chi connectivity index (χ0) is 14.5. The summed E-state index contributed by atoms with van der Waals surface area (Å²) in [5.74, 6) is 0.479. The maximum atomic E-state index is 12.0. The van der Waals surface area contributed by atoms with Crippen LogP contribution >= 0.6 is 11.5 Å². The average molecular weight is 296 g/mol. The van der Waals surface area contributed by atoms with Crippen LogP contribution in [0.2, 0.25) is 0 Å². The molecule has 0 aromatic carbocycles. The van der Waals surface area contributed by atoms with E-state index in [2.05, 4.69) is 19.8 Å². The van der Waals surface area contributed by atoms with E-state index in [0.717, 1.165) is 12.8 Å². The Morgan fingerprint density at radius 1 is 1.50 bits per heavy atom. The monoisotopic (exact) mass is 296 g/mol. The van der Waals surface area contributed by atoms with E-state index in [1.807, 2.05) is 6.92 Å². The summed E-state index contributed by atoms with van der Waals surface area (Å²) in [6.07, 6.45) is 1.68. The molecule has 0 aliphatic heterocycles. The summed E-state index contributed by atoms with van der Waals surface area (Å²) in [6.45, 7) is 3.76. The van der Waals surface area contributed by atoms with Gasteiger partial charge in [0.2, 0.25) is 0 Å². The Bertz CT molecular complexity index is 593. The first kappa shape index (κ1) is 14.4. The molecule has 0 bridgehead atoms. The van der Waals surface area contributed by atoms with Gasteiger partial charge in [0.05, 0.1) is 5.69 Å². The predicted molar refractivity (Wildman–Crippen MR) is 73.8 cm³/mol. The first-order valence-electron chi connectivity index (χ1n) is 6.28. The smallest absolute Gasteiger partial charge is 0.343 e. The number of nitrogens with one attached hydrogen (secondary N) is 1. The SMILES string of the molecule is CCCc1noc(COC(=O)c2c(C)nsc2NC)n1. The Hall–Kier alpha value is -1.96.